The number of aromatic nitrogens is 2. The SMILES string of the molecule is CCO[C@@H]1CCN(C(=O)c2ccc[nH]2)[C@@H]1Cc1cccnc1. The molecular formula is C17H21N3O2. The molecule has 5 heteroatoms. The maximum atomic E-state index is 12.7. The molecule has 3 rings (SSSR count). The summed E-state index contributed by atoms with van der Waals surface area (Å²) in [6, 6.07) is 7.69. The van der Waals surface area contributed by atoms with Crippen molar-refractivity contribution in [3.8, 4) is 0 Å². The summed E-state index contributed by atoms with van der Waals surface area (Å²) in [6.45, 7) is 3.39. The second kappa shape index (κ2) is 6.75. The second-order valence-electron chi connectivity index (χ2n) is 5.50. The lowest BCUT2D eigenvalue weighted by atomic mass is 10.0. The van der Waals surface area contributed by atoms with Crippen LogP contribution in [0.25, 0.3) is 0 Å². The van der Waals surface area contributed by atoms with E-state index in [4.69, 9.17) is 4.74 Å². The van der Waals surface area contributed by atoms with E-state index in [1.165, 1.54) is 0 Å². The molecule has 0 spiro atoms. The van der Waals surface area contributed by atoms with Gasteiger partial charge >= 0.3 is 0 Å². The van der Waals surface area contributed by atoms with Gasteiger partial charge in [0, 0.05) is 31.7 Å². The van der Waals surface area contributed by atoms with Crippen molar-refractivity contribution < 1.29 is 9.53 Å². The topological polar surface area (TPSA) is 58.2 Å². The first-order chi connectivity index (χ1) is 10.8. The second-order valence-corrected chi connectivity index (χ2v) is 5.50. The molecule has 1 aliphatic heterocycles. The van der Waals surface area contributed by atoms with Crippen molar-refractivity contribution in [2.24, 2.45) is 0 Å². The zero-order chi connectivity index (χ0) is 15.4. The minimum absolute atomic E-state index is 0.0427. The Kier molecular flexibility index (Phi) is 4.53. The lowest BCUT2D eigenvalue weighted by molar-refractivity contribution is 0.0310. The van der Waals surface area contributed by atoms with Gasteiger partial charge in [-0.05, 0) is 43.5 Å². The van der Waals surface area contributed by atoms with Gasteiger partial charge in [0.25, 0.3) is 5.91 Å². The number of hydrogen-bond donors (Lipinski definition) is 1. The van der Waals surface area contributed by atoms with E-state index in [0.29, 0.717) is 12.3 Å². The lowest BCUT2D eigenvalue weighted by Gasteiger charge is -2.28. The standard InChI is InChI=1S/C17H21N3O2/c1-2-22-16-7-10-20(17(21)14-6-4-9-19-14)15(16)11-13-5-3-8-18-12-13/h3-6,8-9,12,15-16,19H,2,7,10-11H2,1H3/t15-,16-/m1/s1. The molecule has 3 heterocycles. The van der Waals surface area contributed by atoms with E-state index < -0.39 is 0 Å². The van der Waals surface area contributed by atoms with Gasteiger partial charge in [-0.15, -0.1) is 0 Å². The molecule has 0 aromatic carbocycles. The van der Waals surface area contributed by atoms with Crippen molar-refractivity contribution in [2.45, 2.75) is 31.9 Å². The van der Waals surface area contributed by atoms with Crippen LogP contribution in [0.5, 0.6) is 0 Å². The molecule has 2 aromatic rings. The quantitative estimate of drug-likeness (QED) is 0.921. The Bertz CT molecular complexity index is 598. The third-order valence-corrected chi connectivity index (χ3v) is 4.12. The summed E-state index contributed by atoms with van der Waals surface area (Å²) in [7, 11) is 0. The van der Waals surface area contributed by atoms with Crippen LogP contribution in [-0.2, 0) is 11.2 Å². The van der Waals surface area contributed by atoms with Crippen LogP contribution in [0.2, 0.25) is 0 Å². The first-order valence-corrected chi connectivity index (χ1v) is 7.74. The fraction of sp³-hybridized carbons (Fsp3) is 0.412. The average molecular weight is 299 g/mol. The highest BCUT2D eigenvalue weighted by Crippen LogP contribution is 2.25. The smallest absolute Gasteiger partial charge is 0.270 e. The molecular weight excluding hydrogens is 278 g/mol. The fourth-order valence-corrected chi connectivity index (χ4v) is 3.11. The minimum Gasteiger partial charge on any atom is -0.376 e. The Labute approximate surface area is 130 Å². The largest absolute Gasteiger partial charge is 0.376 e. The van der Waals surface area contributed by atoms with Crippen LogP contribution >= 0.6 is 0 Å². The van der Waals surface area contributed by atoms with E-state index in [2.05, 4.69) is 9.97 Å². The van der Waals surface area contributed by atoms with Crippen molar-refractivity contribution in [1.82, 2.24) is 14.9 Å². The van der Waals surface area contributed by atoms with Crippen molar-refractivity contribution >= 4 is 5.91 Å². The zero-order valence-electron chi connectivity index (χ0n) is 12.7. The Morgan fingerprint density at radius 3 is 3.05 bits per heavy atom. The maximum absolute atomic E-state index is 12.7. The first kappa shape index (κ1) is 14.8. The molecule has 22 heavy (non-hydrogen) atoms. The van der Waals surface area contributed by atoms with Crippen LogP contribution in [0.3, 0.4) is 0 Å². The number of H-pyrrole nitrogens is 1. The monoisotopic (exact) mass is 299 g/mol. The average Bonchev–Trinajstić information content (AvgIpc) is 3.19. The summed E-state index contributed by atoms with van der Waals surface area (Å²) in [5.74, 6) is 0.0427. The number of nitrogens with zero attached hydrogens (tertiary/aromatic N) is 2. The van der Waals surface area contributed by atoms with Crippen LogP contribution in [0.15, 0.2) is 42.9 Å². The molecule has 0 bridgehead atoms. The number of nitrogens with one attached hydrogen (secondary N) is 1. The Hall–Kier alpha value is -2.14. The number of amides is 1. The third kappa shape index (κ3) is 3.04. The number of carbonyl (C=O) groups excluding carboxylic acids is 1. The summed E-state index contributed by atoms with van der Waals surface area (Å²) in [5, 5.41) is 0. The number of carbonyl (C=O) groups is 1. The molecule has 1 N–H and O–H groups in total. The number of likely N-dealkylation sites (tertiary alicyclic amines) is 1. The van der Waals surface area contributed by atoms with Crippen LogP contribution in [0.4, 0.5) is 0 Å². The van der Waals surface area contributed by atoms with Crippen LogP contribution in [0, 0.1) is 0 Å². The Morgan fingerprint density at radius 2 is 2.36 bits per heavy atom. The molecule has 1 fully saturated rings. The first-order valence-electron chi connectivity index (χ1n) is 7.74. The number of hydrogen-bond acceptors (Lipinski definition) is 3. The minimum atomic E-state index is 0.0427. The molecule has 0 radical (unpaired) electrons. The normalized spacial score (nSPS) is 21.2. The van der Waals surface area contributed by atoms with Gasteiger partial charge in [0.15, 0.2) is 0 Å². The molecule has 1 saturated heterocycles. The van der Waals surface area contributed by atoms with E-state index in [-0.39, 0.29) is 18.1 Å². The number of pyridine rings is 1. The van der Waals surface area contributed by atoms with Crippen LogP contribution in [0.1, 0.15) is 29.4 Å². The van der Waals surface area contributed by atoms with E-state index in [1.807, 2.05) is 42.3 Å². The van der Waals surface area contributed by atoms with Gasteiger partial charge in [-0.25, -0.2) is 0 Å². The van der Waals surface area contributed by atoms with E-state index >= 15 is 0 Å². The lowest BCUT2D eigenvalue weighted by Crippen LogP contribution is -2.42. The van der Waals surface area contributed by atoms with Gasteiger partial charge < -0.3 is 14.6 Å². The molecule has 1 amide bonds. The fourth-order valence-electron chi connectivity index (χ4n) is 3.11. The number of ether oxygens (including phenoxy) is 1. The Morgan fingerprint density at radius 1 is 1.45 bits per heavy atom. The molecule has 0 aliphatic carbocycles. The Balaban J connectivity index is 1.80. The van der Waals surface area contributed by atoms with Crippen molar-refractivity contribution in [3.05, 3.63) is 54.1 Å². The summed E-state index contributed by atoms with van der Waals surface area (Å²) in [6.07, 6.45) is 7.14. The maximum Gasteiger partial charge on any atom is 0.270 e. The van der Waals surface area contributed by atoms with Crippen molar-refractivity contribution in [1.29, 1.82) is 0 Å². The van der Waals surface area contributed by atoms with Crippen molar-refractivity contribution in [3.63, 3.8) is 0 Å². The molecule has 116 valence electrons. The van der Waals surface area contributed by atoms with Gasteiger partial charge in [-0.3, -0.25) is 9.78 Å². The molecule has 2 aromatic heterocycles. The third-order valence-electron chi connectivity index (χ3n) is 4.12. The molecule has 0 unspecified atom stereocenters. The molecule has 1 aliphatic rings. The number of aromatic amines is 1. The van der Waals surface area contributed by atoms with Gasteiger partial charge in [0.1, 0.15) is 5.69 Å². The van der Waals surface area contributed by atoms with E-state index in [1.54, 1.807) is 12.4 Å². The summed E-state index contributed by atoms with van der Waals surface area (Å²) in [5.41, 5.74) is 1.76. The highest BCUT2D eigenvalue weighted by molar-refractivity contribution is 5.92. The number of rotatable bonds is 5. The van der Waals surface area contributed by atoms with E-state index in [9.17, 15) is 4.79 Å². The van der Waals surface area contributed by atoms with Gasteiger partial charge in [0.05, 0.1) is 12.1 Å². The van der Waals surface area contributed by atoms with Gasteiger partial charge in [-0.1, -0.05) is 6.07 Å². The summed E-state index contributed by atoms with van der Waals surface area (Å²) >= 11 is 0. The van der Waals surface area contributed by atoms with Crippen LogP contribution in [-0.4, -0.2) is 46.1 Å². The highest BCUT2D eigenvalue weighted by Gasteiger charge is 2.38. The highest BCUT2D eigenvalue weighted by atomic mass is 16.5. The van der Waals surface area contributed by atoms with Crippen molar-refractivity contribution in [2.75, 3.05) is 13.2 Å². The van der Waals surface area contributed by atoms with Gasteiger partial charge in [-0.2, -0.15) is 0 Å². The summed E-state index contributed by atoms with van der Waals surface area (Å²) in [4.78, 5) is 21.8. The predicted octanol–water partition coefficient (Wildman–Crippen LogP) is 2.27. The van der Waals surface area contributed by atoms with Gasteiger partial charge in [0.2, 0.25) is 0 Å². The molecule has 5 nitrogen and oxygen atoms in total. The predicted molar refractivity (Wildman–Crippen MR) is 83.6 cm³/mol. The van der Waals surface area contributed by atoms with Crippen LogP contribution < -0.4 is 0 Å². The summed E-state index contributed by atoms with van der Waals surface area (Å²) < 4.78 is 5.86. The van der Waals surface area contributed by atoms with E-state index in [0.717, 1.165) is 24.9 Å². The molecule has 2 atom stereocenters. The zero-order valence-corrected chi connectivity index (χ0v) is 12.7. The molecule has 0 saturated carbocycles.